The van der Waals surface area contributed by atoms with Gasteiger partial charge in [0.1, 0.15) is 6.33 Å². The first kappa shape index (κ1) is 16.4. The van der Waals surface area contributed by atoms with Crippen LogP contribution < -0.4 is 10.5 Å². The lowest BCUT2D eigenvalue weighted by Gasteiger charge is -2.40. The molecule has 3 aromatic rings. The Morgan fingerprint density at radius 3 is 2.73 bits per heavy atom. The van der Waals surface area contributed by atoms with Gasteiger partial charge in [-0.05, 0) is 26.0 Å². The van der Waals surface area contributed by atoms with E-state index < -0.39 is 5.82 Å². The minimum absolute atomic E-state index is 0.165. The molecule has 9 heteroatoms. The maximum atomic E-state index is 13.7. The number of nitrogens with zero attached hydrogens (tertiary/aromatic N) is 7. The number of aromatic nitrogens is 6. The summed E-state index contributed by atoms with van der Waals surface area (Å²) in [5.41, 5.74) is 1.68. The van der Waals surface area contributed by atoms with Gasteiger partial charge in [-0.3, -0.25) is 4.79 Å². The van der Waals surface area contributed by atoms with Crippen molar-refractivity contribution in [2.45, 2.75) is 20.4 Å². The molecule has 0 atom stereocenters. The summed E-state index contributed by atoms with van der Waals surface area (Å²) >= 11 is 0. The van der Waals surface area contributed by atoms with Crippen molar-refractivity contribution in [3.63, 3.8) is 0 Å². The fraction of sp³-hybridized carbons (Fsp3) is 0.353. The highest BCUT2D eigenvalue weighted by Gasteiger charge is 2.30. The molecule has 1 aliphatic rings. The van der Waals surface area contributed by atoms with Gasteiger partial charge in [0.15, 0.2) is 17.5 Å². The predicted octanol–water partition coefficient (Wildman–Crippen LogP) is 1.11. The number of hydrogen-bond donors (Lipinski definition) is 0. The second-order valence-electron chi connectivity index (χ2n) is 6.52. The van der Waals surface area contributed by atoms with Crippen LogP contribution in [0.15, 0.2) is 35.5 Å². The molecule has 0 saturated carbocycles. The van der Waals surface area contributed by atoms with Crippen LogP contribution >= 0.6 is 0 Å². The monoisotopic (exact) mass is 355 g/mol. The molecule has 0 aromatic carbocycles. The summed E-state index contributed by atoms with van der Waals surface area (Å²) in [5.74, 6) is 0.666. The smallest absolute Gasteiger partial charge is 0.266 e. The van der Waals surface area contributed by atoms with E-state index >= 15 is 0 Å². The molecule has 4 rings (SSSR count). The van der Waals surface area contributed by atoms with Crippen molar-refractivity contribution < 1.29 is 4.39 Å². The van der Waals surface area contributed by atoms with Gasteiger partial charge in [-0.15, -0.1) is 5.10 Å². The third kappa shape index (κ3) is 2.96. The largest absolute Gasteiger partial charge is 0.353 e. The van der Waals surface area contributed by atoms with Crippen LogP contribution in [-0.4, -0.2) is 42.6 Å². The minimum Gasteiger partial charge on any atom is -0.353 e. The van der Waals surface area contributed by atoms with Crippen molar-refractivity contribution in [2.75, 3.05) is 18.0 Å². The van der Waals surface area contributed by atoms with E-state index in [1.807, 2.05) is 24.8 Å². The van der Waals surface area contributed by atoms with Crippen LogP contribution in [0.2, 0.25) is 0 Å². The molecule has 4 heterocycles. The fourth-order valence-corrected chi connectivity index (χ4v) is 3.18. The zero-order valence-electron chi connectivity index (χ0n) is 14.5. The summed E-state index contributed by atoms with van der Waals surface area (Å²) < 4.78 is 16.9. The number of aryl methyl sites for hydroxylation is 2. The van der Waals surface area contributed by atoms with E-state index in [9.17, 15) is 9.18 Å². The van der Waals surface area contributed by atoms with E-state index in [0.29, 0.717) is 31.3 Å². The maximum Gasteiger partial charge on any atom is 0.266 e. The van der Waals surface area contributed by atoms with Gasteiger partial charge in [0.05, 0.1) is 18.4 Å². The minimum atomic E-state index is -0.437. The first-order valence-electron chi connectivity index (χ1n) is 8.33. The van der Waals surface area contributed by atoms with Gasteiger partial charge in [-0.25, -0.2) is 23.7 Å². The highest BCUT2D eigenvalue weighted by atomic mass is 19.1. The Bertz CT molecular complexity index is 1010. The molecule has 0 aliphatic carbocycles. The van der Waals surface area contributed by atoms with Gasteiger partial charge in [0.2, 0.25) is 0 Å². The van der Waals surface area contributed by atoms with E-state index in [1.54, 1.807) is 10.7 Å². The number of hydrogen-bond acceptors (Lipinski definition) is 6. The van der Waals surface area contributed by atoms with Crippen LogP contribution in [0.5, 0.6) is 0 Å². The lowest BCUT2D eigenvalue weighted by molar-refractivity contribution is 0.329. The van der Waals surface area contributed by atoms with Crippen LogP contribution in [0.25, 0.3) is 5.82 Å². The van der Waals surface area contributed by atoms with Gasteiger partial charge in [0.25, 0.3) is 5.56 Å². The molecule has 0 bridgehead atoms. The molecule has 0 unspecified atom stereocenters. The van der Waals surface area contributed by atoms with Gasteiger partial charge < -0.3 is 4.90 Å². The van der Waals surface area contributed by atoms with Crippen molar-refractivity contribution in [3.05, 3.63) is 58.3 Å². The van der Waals surface area contributed by atoms with Crippen molar-refractivity contribution in [2.24, 2.45) is 5.92 Å². The summed E-state index contributed by atoms with van der Waals surface area (Å²) in [6, 6.07) is 5.12. The summed E-state index contributed by atoms with van der Waals surface area (Å²) in [4.78, 5) is 21.6. The Kier molecular flexibility index (Phi) is 3.98. The lowest BCUT2D eigenvalue weighted by atomic mass is 10.0. The van der Waals surface area contributed by atoms with E-state index in [-0.39, 0.29) is 11.5 Å². The third-order valence-electron chi connectivity index (χ3n) is 4.42. The normalized spacial score (nSPS) is 14.5. The van der Waals surface area contributed by atoms with Crippen molar-refractivity contribution in [3.8, 4) is 5.82 Å². The topological polar surface area (TPSA) is 81.7 Å². The van der Waals surface area contributed by atoms with Gasteiger partial charge >= 0.3 is 0 Å². The first-order valence-corrected chi connectivity index (χ1v) is 8.33. The summed E-state index contributed by atoms with van der Waals surface area (Å²) in [6.07, 6.45) is 2.48. The number of anilines is 1. The average Bonchev–Trinajstić information content (AvgIpc) is 2.91. The molecule has 8 nitrogen and oxygen atoms in total. The van der Waals surface area contributed by atoms with Crippen molar-refractivity contribution in [1.82, 2.24) is 29.5 Å². The predicted molar refractivity (Wildman–Crippen MR) is 92.8 cm³/mol. The van der Waals surface area contributed by atoms with Crippen LogP contribution in [0.1, 0.15) is 11.4 Å². The second-order valence-corrected chi connectivity index (χ2v) is 6.52. The van der Waals surface area contributed by atoms with Gasteiger partial charge in [0, 0.05) is 30.8 Å². The quantitative estimate of drug-likeness (QED) is 0.697. The molecule has 1 saturated heterocycles. The maximum absolute atomic E-state index is 13.7. The molecule has 1 aliphatic heterocycles. The zero-order chi connectivity index (χ0) is 18.3. The average molecular weight is 355 g/mol. The first-order chi connectivity index (χ1) is 12.5. The van der Waals surface area contributed by atoms with Crippen LogP contribution in [-0.2, 0) is 6.54 Å². The second kappa shape index (κ2) is 6.32. The van der Waals surface area contributed by atoms with Crippen molar-refractivity contribution >= 4 is 5.82 Å². The molecular formula is C17H18FN7O. The van der Waals surface area contributed by atoms with Gasteiger partial charge in [-0.1, -0.05) is 0 Å². The van der Waals surface area contributed by atoms with E-state index in [0.717, 1.165) is 17.6 Å². The number of rotatable bonds is 4. The SMILES string of the molecule is Cc1cc(C)n(-c2ccc(=O)n(CC3CN(c4ncncc4F)C3)n2)n1. The highest BCUT2D eigenvalue weighted by molar-refractivity contribution is 5.41. The molecule has 0 spiro atoms. The van der Waals surface area contributed by atoms with E-state index in [1.165, 1.54) is 17.1 Å². The molecule has 26 heavy (non-hydrogen) atoms. The third-order valence-corrected chi connectivity index (χ3v) is 4.42. The fourth-order valence-electron chi connectivity index (χ4n) is 3.18. The van der Waals surface area contributed by atoms with Gasteiger partial charge in [-0.2, -0.15) is 5.10 Å². The Morgan fingerprint density at radius 2 is 2.04 bits per heavy atom. The zero-order valence-corrected chi connectivity index (χ0v) is 14.5. The molecule has 0 N–H and O–H groups in total. The Balaban J connectivity index is 1.50. The molecule has 134 valence electrons. The lowest BCUT2D eigenvalue weighted by Crippen LogP contribution is -2.50. The molecule has 0 radical (unpaired) electrons. The van der Waals surface area contributed by atoms with Crippen LogP contribution in [0.4, 0.5) is 10.2 Å². The number of halogens is 1. The summed E-state index contributed by atoms with van der Waals surface area (Å²) in [6.45, 7) is 5.56. The Hall–Kier alpha value is -3.10. The molecule has 1 fully saturated rings. The highest BCUT2D eigenvalue weighted by Crippen LogP contribution is 2.25. The molecule has 3 aromatic heterocycles. The summed E-state index contributed by atoms with van der Waals surface area (Å²) in [5, 5.41) is 8.84. The molecule has 0 amide bonds. The standard InChI is InChI=1S/C17H18FN7O/c1-11-5-12(2)25(21-11)15-3-4-16(26)24(22-15)9-13-7-23(8-13)17-14(18)6-19-10-20-17/h3-6,10,13H,7-9H2,1-2H3. The van der Waals surface area contributed by atoms with Crippen molar-refractivity contribution in [1.29, 1.82) is 0 Å². The van der Waals surface area contributed by atoms with Crippen LogP contribution in [0.3, 0.4) is 0 Å². The molecular weight excluding hydrogens is 337 g/mol. The summed E-state index contributed by atoms with van der Waals surface area (Å²) in [7, 11) is 0. The van der Waals surface area contributed by atoms with Crippen LogP contribution in [0, 0.1) is 25.6 Å². The van der Waals surface area contributed by atoms with E-state index in [2.05, 4.69) is 20.2 Å². The van der Waals surface area contributed by atoms with E-state index in [4.69, 9.17) is 0 Å². The Labute approximate surface area is 148 Å². The Morgan fingerprint density at radius 1 is 1.23 bits per heavy atom.